The van der Waals surface area contributed by atoms with Crippen molar-refractivity contribution >= 4 is 11.7 Å². The molecule has 3 rings (SSSR count). The van der Waals surface area contributed by atoms with Crippen LogP contribution in [0.1, 0.15) is 27.7 Å². The highest BCUT2D eigenvalue weighted by molar-refractivity contribution is 5.94. The Labute approximate surface area is 158 Å². The number of rotatable bonds is 4. The Morgan fingerprint density at radius 1 is 1.11 bits per heavy atom. The SMILES string of the molecule is CCn1cnc(-c2ccc(F)cc2)c1-c1ccnc(NC(=O)C(C)(C)C)c1. The second-order valence-corrected chi connectivity index (χ2v) is 7.37. The predicted molar refractivity (Wildman–Crippen MR) is 105 cm³/mol. The van der Waals surface area contributed by atoms with Crippen molar-refractivity contribution in [2.45, 2.75) is 34.2 Å². The van der Waals surface area contributed by atoms with Crippen LogP contribution < -0.4 is 5.32 Å². The average Bonchev–Trinajstić information content (AvgIpc) is 3.06. The quantitative estimate of drug-likeness (QED) is 0.724. The molecule has 0 fully saturated rings. The van der Waals surface area contributed by atoms with Crippen LogP contribution in [0.3, 0.4) is 0 Å². The maximum Gasteiger partial charge on any atom is 0.230 e. The Hall–Kier alpha value is -3.02. The molecule has 0 saturated heterocycles. The van der Waals surface area contributed by atoms with E-state index in [0.717, 1.165) is 29.1 Å². The number of benzene rings is 1. The van der Waals surface area contributed by atoms with Gasteiger partial charge in [0.05, 0.1) is 17.7 Å². The lowest BCUT2D eigenvalue weighted by Crippen LogP contribution is -2.28. The monoisotopic (exact) mass is 366 g/mol. The van der Waals surface area contributed by atoms with E-state index >= 15 is 0 Å². The topological polar surface area (TPSA) is 59.8 Å². The molecule has 0 saturated carbocycles. The summed E-state index contributed by atoms with van der Waals surface area (Å²) in [7, 11) is 0. The molecule has 1 aromatic carbocycles. The van der Waals surface area contributed by atoms with Gasteiger partial charge < -0.3 is 9.88 Å². The van der Waals surface area contributed by atoms with Gasteiger partial charge in [-0.05, 0) is 43.3 Å². The van der Waals surface area contributed by atoms with Crippen LogP contribution in [-0.4, -0.2) is 20.4 Å². The zero-order chi connectivity index (χ0) is 19.6. The maximum absolute atomic E-state index is 13.3. The third-order valence-corrected chi connectivity index (χ3v) is 4.25. The lowest BCUT2D eigenvalue weighted by atomic mass is 9.96. The first kappa shape index (κ1) is 18.8. The molecule has 2 aromatic heterocycles. The fourth-order valence-corrected chi connectivity index (χ4v) is 2.69. The van der Waals surface area contributed by atoms with Crippen LogP contribution in [0.25, 0.3) is 22.5 Å². The number of hydrogen-bond donors (Lipinski definition) is 1. The summed E-state index contributed by atoms with van der Waals surface area (Å²) < 4.78 is 15.3. The van der Waals surface area contributed by atoms with Gasteiger partial charge in [-0.1, -0.05) is 20.8 Å². The third kappa shape index (κ3) is 4.05. The molecule has 0 radical (unpaired) electrons. The van der Waals surface area contributed by atoms with Crippen LogP contribution >= 0.6 is 0 Å². The van der Waals surface area contributed by atoms with Crippen LogP contribution in [0.15, 0.2) is 48.9 Å². The number of nitrogens with one attached hydrogen (secondary N) is 1. The molecular formula is C21H23FN4O. The van der Waals surface area contributed by atoms with Gasteiger partial charge in [-0.25, -0.2) is 14.4 Å². The van der Waals surface area contributed by atoms with E-state index in [1.807, 2.05) is 44.4 Å². The highest BCUT2D eigenvalue weighted by Gasteiger charge is 2.22. The predicted octanol–water partition coefficient (Wildman–Crippen LogP) is 4.76. The molecule has 0 spiro atoms. The first-order chi connectivity index (χ1) is 12.8. The van der Waals surface area contributed by atoms with Crippen molar-refractivity contribution < 1.29 is 9.18 Å². The van der Waals surface area contributed by atoms with Gasteiger partial charge >= 0.3 is 0 Å². The molecule has 140 valence electrons. The summed E-state index contributed by atoms with van der Waals surface area (Å²) in [5.41, 5.74) is 2.86. The number of carbonyl (C=O) groups excluding carboxylic acids is 1. The highest BCUT2D eigenvalue weighted by atomic mass is 19.1. The molecule has 0 aliphatic rings. The summed E-state index contributed by atoms with van der Waals surface area (Å²) in [6.07, 6.45) is 3.43. The van der Waals surface area contributed by atoms with Gasteiger partial charge in [-0.2, -0.15) is 0 Å². The first-order valence-corrected chi connectivity index (χ1v) is 8.88. The first-order valence-electron chi connectivity index (χ1n) is 8.88. The van der Waals surface area contributed by atoms with Crippen LogP contribution in [0.4, 0.5) is 10.2 Å². The van der Waals surface area contributed by atoms with Crippen molar-refractivity contribution in [1.82, 2.24) is 14.5 Å². The van der Waals surface area contributed by atoms with Gasteiger partial charge in [0.2, 0.25) is 5.91 Å². The van der Waals surface area contributed by atoms with Gasteiger partial charge in [0.25, 0.3) is 0 Å². The van der Waals surface area contributed by atoms with Gasteiger partial charge in [0.1, 0.15) is 11.6 Å². The van der Waals surface area contributed by atoms with Crippen LogP contribution in [0, 0.1) is 11.2 Å². The minimum Gasteiger partial charge on any atom is -0.330 e. The molecule has 6 heteroatoms. The van der Waals surface area contributed by atoms with E-state index in [0.29, 0.717) is 5.82 Å². The van der Waals surface area contributed by atoms with Crippen molar-refractivity contribution in [3.05, 3.63) is 54.7 Å². The molecule has 2 heterocycles. The van der Waals surface area contributed by atoms with E-state index in [4.69, 9.17) is 0 Å². The van der Waals surface area contributed by atoms with E-state index < -0.39 is 5.41 Å². The maximum atomic E-state index is 13.3. The molecule has 27 heavy (non-hydrogen) atoms. The standard InChI is InChI=1S/C21H23FN4O/c1-5-26-13-24-18(14-6-8-16(22)9-7-14)19(26)15-10-11-23-17(12-15)25-20(27)21(2,3)4/h6-13H,5H2,1-4H3,(H,23,25,27). The summed E-state index contributed by atoms with van der Waals surface area (Å²) in [5.74, 6) is 0.0996. The molecule has 1 amide bonds. The van der Waals surface area contributed by atoms with Crippen molar-refractivity contribution in [2.75, 3.05) is 5.32 Å². The van der Waals surface area contributed by atoms with E-state index in [1.165, 1.54) is 12.1 Å². The van der Waals surface area contributed by atoms with Crippen molar-refractivity contribution in [3.8, 4) is 22.5 Å². The van der Waals surface area contributed by atoms with E-state index in [2.05, 4.69) is 15.3 Å². The van der Waals surface area contributed by atoms with E-state index in [-0.39, 0.29) is 11.7 Å². The Kier molecular flexibility index (Phi) is 5.08. The van der Waals surface area contributed by atoms with Crippen molar-refractivity contribution in [2.24, 2.45) is 5.41 Å². The van der Waals surface area contributed by atoms with Crippen molar-refractivity contribution in [3.63, 3.8) is 0 Å². The summed E-state index contributed by atoms with van der Waals surface area (Å²) in [6.45, 7) is 8.32. The largest absolute Gasteiger partial charge is 0.330 e. The number of anilines is 1. The molecule has 0 atom stereocenters. The average molecular weight is 366 g/mol. The Bertz CT molecular complexity index is 955. The third-order valence-electron chi connectivity index (χ3n) is 4.25. The van der Waals surface area contributed by atoms with Crippen LogP contribution in [0.2, 0.25) is 0 Å². The number of aromatic nitrogens is 3. The molecule has 0 aliphatic carbocycles. The smallest absolute Gasteiger partial charge is 0.230 e. The summed E-state index contributed by atoms with van der Waals surface area (Å²) in [5, 5.41) is 2.86. The Morgan fingerprint density at radius 3 is 2.44 bits per heavy atom. The molecule has 1 N–H and O–H groups in total. The van der Waals surface area contributed by atoms with Crippen molar-refractivity contribution in [1.29, 1.82) is 0 Å². The minimum atomic E-state index is -0.512. The molecule has 5 nitrogen and oxygen atoms in total. The molecular weight excluding hydrogens is 343 g/mol. The van der Waals surface area contributed by atoms with Gasteiger partial charge in [-0.15, -0.1) is 0 Å². The number of hydrogen-bond acceptors (Lipinski definition) is 3. The van der Waals surface area contributed by atoms with Gasteiger partial charge in [-0.3, -0.25) is 4.79 Å². The zero-order valence-electron chi connectivity index (χ0n) is 16.0. The van der Waals surface area contributed by atoms with Gasteiger partial charge in [0, 0.05) is 29.3 Å². The molecule has 0 bridgehead atoms. The number of imidazole rings is 1. The van der Waals surface area contributed by atoms with Crippen LogP contribution in [0.5, 0.6) is 0 Å². The second kappa shape index (κ2) is 7.31. The molecule has 3 aromatic rings. The molecule has 0 aliphatic heterocycles. The molecule has 0 unspecified atom stereocenters. The number of carbonyl (C=O) groups is 1. The summed E-state index contributed by atoms with van der Waals surface area (Å²) in [6, 6.07) is 9.98. The Morgan fingerprint density at radius 2 is 1.81 bits per heavy atom. The summed E-state index contributed by atoms with van der Waals surface area (Å²) >= 11 is 0. The fourth-order valence-electron chi connectivity index (χ4n) is 2.69. The second-order valence-electron chi connectivity index (χ2n) is 7.37. The number of nitrogens with zero attached hydrogens (tertiary/aromatic N) is 3. The normalized spacial score (nSPS) is 11.4. The number of halogens is 1. The Balaban J connectivity index is 2.04. The highest BCUT2D eigenvalue weighted by Crippen LogP contribution is 2.32. The summed E-state index contributed by atoms with van der Waals surface area (Å²) in [4.78, 5) is 21.1. The lowest BCUT2D eigenvalue weighted by molar-refractivity contribution is -0.123. The minimum absolute atomic E-state index is 0.102. The van der Waals surface area contributed by atoms with Crippen LogP contribution in [-0.2, 0) is 11.3 Å². The number of aryl methyl sites for hydroxylation is 1. The number of amides is 1. The van der Waals surface area contributed by atoms with Gasteiger partial charge in [0.15, 0.2) is 0 Å². The van der Waals surface area contributed by atoms with E-state index in [1.54, 1.807) is 24.7 Å². The lowest BCUT2D eigenvalue weighted by Gasteiger charge is -2.17. The fraction of sp³-hybridized carbons (Fsp3) is 0.286. The number of pyridine rings is 1. The van der Waals surface area contributed by atoms with E-state index in [9.17, 15) is 9.18 Å². The zero-order valence-corrected chi connectivity index (χ0v) is 16.0.